The first-order valence-electron chi connectivity index (χ1n) is 9.73. The summed E-state index contributed by atoms with van der Waals surface area (Å²) in [6, 6.07) is 10.2. The lowest BCUT2D eigenvalue weighted by Gasteiger charge is -2.15. The van der Waals surface area contributed by atoms with Crippen LogP contribution in [0.1, 0.15) is 24.2 Å². The van der Waals surface area contributed by atoms with Crippen LogP contribution in [-0.2, 0) is 21.2 Å². The molecule has 3 aromatic rings. The molecule has 1 atom stereocenters. The lowest BCUT2D eigenvalue weighted by atomic mass is 10.2. The number of carbonyl (C=O) groups excluding carboxylic acids is 1. The zero-order valence-corrected chi connectivity index (χ0v) is 19.0. The molecule has 1 aromatic carbocycles. The third kappa shape index (κ3) is 5.78. The van der Waals surface area contributed by atoms with Crippen LogP contribution in [0.3, 0.4) is 0 Å². The molecule has 2 heterocycles. The predicted molar refractivity (Wildman–Crippen MR) is 121 cm³/mol. The van der Waals surface area contributed by atoms with Crippen molar-refractivity contribution < 1.29 is 13.2 Å². The molecule has 0 aliphatic carbocycles. The van der Waals surface area contributed by atoms with Crippen molar-refractivity contribution in [3.8, 4) is 0 Å². The molecule has 32 heavy (non-hydrogen) atoms. The van der Waals surface area contributed by atoms with E-state index in [4.69, 9.17) is 11.6 Å². The summed E-state index contributed by atoms with van der Waals surface area (Å²) in [5, 5.41) is 6.67. The molecule has 1 amide bonds. The van der Waals surface area contributed by atoms with Crippen molar-refractivity contribution in [1.29, 1.82) is 0 Å². The molecule has 0 bridgehead atoms. The van der Waals surface area contributed by atoms with Gasteiger partial charge in [-0.15, -0.1) is 0 Å². The number of aryl methyl sites for hydroxylation is 1. The first-order valence-corrected chi connectivity index (χ1v) is 11.6. The predicted octanol–water partition coefficient (Wildman–Crippen LogP) is 2.32. The molecule has 2 N–H and O–H groups in total. The van der Waals surface area contributed by atoms with Gasteiger partial charge in [-0.25, -0.2) is 17.8 Å². The quantitative estimate of drug-likeness (QED) is 0.515. The lowest BCUT2D eigenvalue weighted by molar-refractivity contribution is -0.119. The molecule has 2 aromatic heterocycles. The molecule has 0 saturated carbocycles. The fraction of sp³-hybridized carbons (Fsp3) is 0.238. The van der Waals surface area contributed by atoms with Crippen LogP contribution in [0, 0.1) is 6.92 Å². The number of nitrogens with one attached hydrogen (secondary N) is 2. The maximum atomic E-state index is 12.8. The highest BCUT2D eigenvalue weighted by Gasteiger charge is 2.20. The van der Waals surface area contributed by atoms with Gasteiger partial charge in [0.1, 0.15) is 6.04 Å². The Balaban J connectivity index is 1.72. The molecule has 0 aliphatic heterocycles. The van der Waals surface area contributed by atoms with Crippen molar-refractivity contribution in [1.82, 2.24) is 19.5 Å². The highest BCUT2D eigenvalue weighted by atomic mass is 35.5. The Labute approximate surface area is 190 Å². The van der Waals surface area contributed by atoms with Gasteiger partial charge in [-0.3, -0.25) is 14.6 Å². The highest BCUT2D eigenvalue weighted by molar-refractivity contribution is 7.89. The molecule has 0 aliphatic rings. The number of carbonyl (C=O) groups is 1. The molecule has 168 valence electrons. The highest BCUT2D eigenvalue weighted by Crippen LogP contribution is 2.21. The number of rotatable bonds is 8. The van der Waals surface area contributed by atoms with Crippen LogP contribution in [-0.4, -0.2) is 35.6 Å². The summed E-state index contributed by atoms with van der Waals surface area (Å²) >= 11 is 5.73. The molecular weight excluding hydrogens is 454 g/mol. The van der Waals surface area contributed by atoms with Gasteiger partial charge in [0.2, 0.25) is 15.9 Å². The third-order valence-corrected chi connectivity index (χ3v) is 6.49. The van der Waals surface area contributed by atoms with Crippen molar-refractivity contribution >= 4 is 33.2 Å². The van der Waals surface area contributed by atoms with Gasteiger partial charge in [0.15, 0.2) is 0 Å². The number of anilines is 1. The van der Waals surface area contributed by atoms with Crippen molar-refractivity contribution in [3.05, 3.63) is 81.5 Å². The minimum Gasteiger partial charge on any atom is -0.324 e. The van der Waals surface area contributed by atoms with Crippen LogP contribution in [0.25, 0.3) is 0 Å². The second-order valence-corrected chi connectivity index (χ2v) is 9.24. The van der Waals surface area contributed by atoms with Crippen LogP contribution in [0.5, 0.6) is 0 Å². The van der Waals surface area contributed by atoms with Crippen molar-refractivity contribution in [3.63, 3.8) is 0 Å². The number of amides is 1. The lowest BCUT2D eigenvalue weighted by Crippen LogP contribution is -2.33. The Bertz CT molecular complexity index is 1280. The van der Waals surface area contributed by atoms with Gasteiger partial charge in [-0.05, 0) is 43.7 Å². The van der Waals surface area contributed by atoms with E-state index in [0.717, 1.165) is 16.4 Å². The van der Waals surface area contributed by atoms with Gasteiger partial charge in [0.05, 0.1) is 16.1 Å². The summed E-state index contributed by atoms with van der Waals surface area (Å²) in [7, 11) is -3.81. The summed E-state index contributed by atoms with van der Waals surface area (Å²) in [5.41, 5.74) is 1.05. The summed E-state index contributed by atoms with van der Waals surface area (Å²) < 4.78 is 29.2. The minimum absolute atomic E-state index is 0.0470. The molecule has 3 rings (SSSR count). The monoisotopic (exact) mass is 475 g/mol. The van der Waals surface area contributed by atoms with E-state index in [-0.39, 0.29) is 22.2 Å². The zero-order valence-electron chi connectivity index (χ0n) is 17.4. The number of pyridine rings is 1. The van der Waals surface area contributed by atoms with Gasteiger partial charge in [0, 0.05) is 36.6 Å². The number of halogens is 1. The van der Waals surface area contributed by atoms with Gasteiger partial charge >= 0.3 is 0 Å². The van der Waals surface area contributed by atoms with Crippen LogP contribution < -0.4 is 15.6 Å². The SMILES string of the molecule is Cc1ccc(NC(=O)C(C)n2ncc(Cl)cc2=O)cc1S(=O)(=O)NCCc1ccccn1. The van der Waals surface area contributed by atoms with Crippen LogP contribution in [0.4, 0.5) is 5.69 Å². The first kappa shape index (κ1) is 23.6. The molecule has 11 heteroatoms. The topological polar surface area (TPSA) is 123 Å². The molecule has 0 spiro atoms. The Kier molecular flexibility index (Phi) is 7.39. The molecule has 0 fully saturated rings. The van der Waals surface area contributed by atoms with E-state index in [1.807, 2.05) is 12.1 Å². The number of benzene rings is 1. The average Bonchev–Trinajstić information content (AvgIpc) is 2.75. The standard InChI is InChI=1S/C21H22ClN5O4S/c1-14-6-7-18(26-21(29)15(2)27-20(28)11-16(22)13-24-27)12-19(14)32(30,31)25-10-8-17-5-3-4-9-23-17/h3-7,9,11-13,15,25H,8,10H2,1-2H3,(H,26,29). The summed E-state index contributed by atoms with van der Waals surface area (Å²) in [6.07, 6.45) is 3.35. The van der Waals surface area contributed by atoms with E-state index < -0.39 is 27.5 Å². The van der Waals surface area contributed by atoms with Gasteiger partial charge < -0.3 is 5.32 Å². The molecule has 0 radical (unpaired) electrons. The van der Waals surface area contributed by atoms with Crippen molar-refractivity contribution in [2.75, 3.05) is 11.9 Å². The zero-order chi connectivity index (χ0) is 23.3. The first-order chi connectivity index (χ1) is 15.2. The number of aromatic nitrogens is 3. The summed E-state index contributed by atoms with van der Waals surface area (Å²) in [5.74, 6) is -0.530. The van der Waals surface area contributed by atoms with Crippen LogP contribution in [0.2, 0.25) is 5.02 Å². The van der Waals surface area contributed by atoms with E-state index in [1.54, 1.807) is 31.3 Å². The van der Waals surface area contributed by atoms with E-state index in [1.165, 1.54) is 19.2 Å². The second-order valence-electron chi connectivity index (χ2n) is 7.07. The number of hydrogen-bond donors (Lipinski definition) is 2. The third-order valence-electron chi connectivity index (χ3n) is 4.68. The van der Waals surface area contributed by atoms with Crippen molar-refractivity contribution in [2.24, 2.45) is 0 Å². The van der Waals surface area contributed by atoms with E-state index >= 15 is 0 Å². The molecule has 9 nitrogen and oxygen atoms in total. The molecule has 1 unspecified atom stereocenters. The number of hydrogen-bond acceptors (Lipinski definition) is 6. The second kappa shape index (κ2) is 10.0. The number of nitrogens with zero attached hydrogens (tertiary/aromatic N) is 3. The van der Waals surface area contributed by atoms with Gasteiger partial charge in [-0.1, -0.05) is 23.7 Å². The van der Waals surface area contributed by atoms with Crippen LogP contribution in [0.15, 0.2) is 64.5 Å². The smallest absolute Gasteiger partial charge is 0.268 e. The van der Waals surface area contributed by atoms with Gasteiger partial charge in [-0.2, -0.15) is 5.10 Å². The summed E-state index contributed by atoms with van der Waals surface area (Å²) in [6.45, 7) is 3.35. The Hall–Kier alpha value is -3.08. The van der Waals surface area contributed by atoms with E-state index in [9.17, 15) is 18.0 Å². The average molecular weight is 476 g/mol. The fourth-order valence-electron chi connectivity index (χ4n) is 2.95. The summed E-state index contributed by atoms with van der Waals surface area (Å²) in [4.78, 5) is 28.8. The molecule has 0 saturated heterocycles. The largest absolute Gasteiger partial charge is 0.324 e. The number of sulfonamides is 1. The Morgan fingerprint density at radius 1 is 1.22 bits per heavy atom. The Morgan fingerprint density at radius 2 is 2.00 bits per heavy atom. The van der Waals surface area contributed by atoms with Crippen LogP contribution >= 0.6 is 11.6 Å². The van der Waals surface area contributed by atoms with Crippen molar-refractivity contribution in [2.45, 2.75) is 31.2 Å². The Morgan fingerprint density at radius 3 is 2.69 bits per heavy atom. The fourth-order valence-corrected chi connectivity index (χ4v) is 4.39. The van der Waals surface area contributed by atoms with E-state index in [0.29, 0.717) is 12.0 Å². The minimum atomic E-state index is -3.81. The van der Waals surface area contributed by atoms with E-state index in [2.05, 4.69) is 20.1 Å². The normalized spacial score (nSPS) is 12.3. The maximum Gasteiger partial charge on any atom is 0.268 e. The van der Waals surface area contributed by atoms with Gasteiger partial charge in [0.25, 0.3) is 5.56 Å². The maximum absolute atomic E-state index is 12.8. The molecular formula is C21H22ClN5O4S.